The van der Waals surface area contributed by atoms with Gasteiger partial charge in [0, 0.05) is 29.4 Å². The molecule has 4 rings (SSSR count). The maximum atomic E-state index is 14.9. The third kappa shape index (κ3) is 6.56. The summed E-state index contributed by atoms with van der Waals surface area (Å²) in [4.78, 5) is 43.1. The second-order valence-corrected chi connectivity index (χ2v) is 9.86. The predicted molar refractivity (Wildman–Crippen MR) is 133 cm³/mol. The van der Waals surface area contributed by atoms with Crippen LogP contribution in [0.4, 0.5) is 23.2 Å². The van der Waals surface area contributed by atoms with Crippen molar-refractivity contribution in [2.45, 2.75) is 51.4 Å². The molecule has 1 aliphatic heterocycles. The van der Waals surface area contributed by atoms with Crippen molar-refractivity contribution in [2.24, 2.45) is 28.5 Å². The fourth-order valence-electron chi connectivity index (χ4n) is 4.70. The van der Waals surface area contributed by atoms with Gasteiger partial charge in [-0.1, -0.05) is 43.2 Å². The van der Waals surface area contributed by atoms with E-state index in [-0.39, 0.29) is 29.3 Å². The number of carbonyl (C=O) groups is 3. The van der Waals surface area contributed by atoms with E-state index in [2.05, 4.69) is 15.6 Å². The normalized spacial score (nSPS) is 18.9. The lowest BCUT2D eigenvalue weighted by molar-refractivity contribution is -0.146. The number of benzene rings is 2. The van der Waals surface area contributed by atoms with E-state index in [4.69, 9.17) is 5.73 Å². The number of fused-ring (bicyclic) bond motifs is 1. The smallest absolute Gasteiger partial charge is 0.369 e. The Morgan fingerprint density at radius 2 is 1.84 bits per heavy atom. The van der Waals surface area contributed by atoms with Gasteiger partial charge in [0.2, 0.25) is 18.0 Å². The van der Waals surface area contributed by atoms with Crippen LogP contribution in [0.2, 0.25) is 0 Å². The lowest BCUT2D eigenvalue weighted by Gasteiger charge is -2.26. The number of rotatable bonds is 9. The second kappa shape index (κ2) is 10.9. The molecule has 0 spiro atoms. The van der Waals surface area contributed by atoms with Crippen LogP contribution in [-0.4, -0.2) is 35.8 Å². The van der Waals surface area contributed by atoms with Gasteiger partial charge in [0.05, 0.1) is 11.4 Å². The molecule has 2 aromatic carbocycles. The van der Waals surface area contributed by atoms with E-state index in [0.717, 1.165) is 12.8 Å². The number of hydrogen-bond donors (Lipinski definition) is 3. The monoisotopic (exact) mass is 532 g/mol. The average Bonchev–Trinajstić information content (AvgIpc) is 3.67. The summed E-state index contributed by atoms with van der Waals surface area (Å²) >= 11 is 0. The zero-order chi connectivity index (χ0) is 27.6. The molecule has 0 radical (unpaired) electrons. The van der Waals surface area contributed by atoms with Crippen LogP contribution in [0.25, 0.3) is 0 Å². The van der Waals surface area contributed by atoms with Crippen LogP contribution in [0, 0.1) is 30.5 Å². The number of nitrogens with one attached hydrogen (secondary N) is 2. The van der Waals surface area contributed by atoms with Crippen LogP contribution in [0.3, 0.4) is 0 Å². The van der Waals surface area contributed by atoms with Crippen molar-refractivity contribution in [3.05, 3.63) is 65.0 Å². The number of carbonyl (C=O) groups excluding carboxylic acids is 3. The first-order valence-electron chi connectivity index (χ1n) is 12.3. The Morgan fingerprint density at radius 1 is 1.16 bits per heavy atom. The van der Waals surface area contributed by atoms with Crippen LogP contribution < -0.4 is 16.4 Å². The highest BCUT2D eigenvalue weighted by atomic mass is 19.4. The van der Waals surface area contributed by atoms with E-state index in [1.807, 2.05) is 0 Å². The maximum Gasteiger partial charge on any atom is 0.389 e. The first kappa shape index (κ1) is 27.3. The van der Waals surface area contributed by atoms with Crippen molar-refractivity contribution in [3.63, 3.8) is 0 Å². The minimum atomic E-state index is -4.56. The number of amides is 3. The van der Waals surface area contributed by atoms with Gasteiger partial charge in [-0.05, 0) is 43.4 Å². The number of aliphatic imine (C=N–C) groups is 1. The van der Waals surface area contributed by atoms with Gasteiger partial charge < -0.3 is 16.4 Å². The van der Waals surface area contributed by atoms with Crippen LogP contribution in [0.5, 0.6) is 0 Å². The molecule has 38 heavy (non-hydrogen) atoms. The van der Waals surface area contributed by atoms with Gasteiger partial charge in [0.1, 0.15) is 5.82 Å². The number of benzodiazepines with no additional fused rings is 1. The Kier molecular flexibility index (Phi) is 7.84. The van der Waals surface area contributed by atoms with Crippen LogP contribution >= 0.6 is 0 Å². The van der Waals surface area contributed by atoms with Gasteiger partial charge in [-0.15, -0.1) is 0 Å². The summed E-state index contributed by atoms with van der Waals surface area (Å²) in [6.07, 6.45) is -6.33. The van der Waals surface area contributed by atoms with Crippen molar-refractivity contribution in [2.75, 3.05) is 5.32 Å². The Morgan fingerprint density at radius 3 is 2.45 bits per heavy atom. The van der Waals surface area contributed by atoms with Crippen molar-refractivity contribution < 1.29 is 31.9 Å². The van der Waals surface area contributed by atoms with Crippen LogP contribution in [0.1, 0.15) is 48.8 Å². The van der Waals surface area contributed by atoms with E-state index in [0.29, 0.717) is 11.1 Å². The van der Waals surface area contributed by atoms with Gasteiger partial charge in [0.25, 0.3) is 5.91 Å². The van der Waals surface area contributed by atoms with E-state index in [1.165, 1.54) is 6.07 Å². The minimum absolute atomic E-state index is 0.110. The lowest BCUT2D eigenvalue weighted by atomic mass is 9.83. The van der Waals surface area contributed by atoms with E-state index in [1.54, 1.807) is 43.3 Å². The third-order valence-electron chi connectivity index (χ3n) is 6.78. The molecule has 3 unspecified atom stereocenters. The van der Waals surface area contributed by atoms with Crippen LogP contribution in [-0.2, 0) is 14.4 Å². The largest absolute Gasteiger partial charge is 0.389 e. The van der Waals surface area contributed by atoms with E-state index >= 15 is 0 Å². The molecule has 2 aromatic rings. The van der Waals surface area contributed by atoms with Gasteiger partial charge in [0.15, 0.2) is 0 Å². The fourth-order valence-corrected chi connectivity index (χ4v) is 4.70. The number of anilines is 1. The predicted octanol–water partition coefficient (Wildman–Crippen LogP) is 4.23. The zero-order valence-electron chi connectivity index (χ0n) is 20.6. The Balaban J connectivity index is 1.70. The molecule has 1 saturated carbocycles. The summed E-state index contributed by atoms with van der Waals surface area (Å²) in [6.45, 7) is 1.67. The van der Waals surface area contributed by atoms with Crippen molar-refractivity contribution in [1.29, 1.82) is 0 Å². The van der Waals surface area contributed by atoms with Gasteiger partial charge in [-0.25, -0.2) is 9.38 Å². The molecule has 7 nitrogen and oxygen atoms in total. The molecular formula is C27H28F4N4O3. The molecule has 1 heterocycles. The molecule has 202 valence electrons. The van der Waals surface area contributed by atoms with Gasteiger partial charge >= 0.3 is 6.18 Å². The number of nitrogens with zero attached hydrogens (tertiary/aromatic N) is 1. The third-order valence-corrected chi connectivity index (χ3v) is 6.78. The molecule has 11 heteroatoms. The van der Waals surface area contributed by atoms with E-state index in [9.17, 15) is 31.9 Å². The highest BCUT2D eigenvalue weighted by molar-refractivity contribution is 6.20. The molecule has 0 saturated heterocycles. The van der Waals surface area contributed by atoms with Crippen molar-refractivity contribution in [1.82, 2.24) is 5.32 Å². The topological polar surface area (TPSA) is 114 Å². The number of primary amides is 1. The molecule has 2 aliphatic rings. The minimum Gasteiger partial charge on any atom is -0.369 e. The van der Waals surface area contributed by atoms with Crippen LogP contribution in [0.15, 0.2) is 47.5 Å². The number of nitrogens with two attached hydrogens (primary N) is 1. The number of halogens is 4. The fraction of sp³-hybridized carbons (Fsp3) is 0.407. The Labute approximate surface area is 216 Å². The molecule has 0 aromatic heterocycles. The molecule has 0 bridgehead atoms. The summed E-state index contributed by atoms with van der Waals surface area (Å²) < 4.78 is 54.2. The maximum absolute atomic E-state index is 14.9. The average molecular weight is 533 g/mol. The SMILES string of the molecule is Cc1cc(F)c2c(c1)C(c1ccccc1)=NC(NC(=O)C(CCC(F)(F)F)C(CC1CC1)C(N)=O)C(=O)N2. The number of aryl methyl sites for hydroxylation is 1. The summed E-state index contributed by atoms with van der Waals surface area (Å²) in [5.41, 5.74) is 6.99. The molecule has 3 amide bonds. The standard InChI is InChI=1S/C27H28F4N4O3/c1-14-11-19-21(16-5-3-2-4-6-16)33-24(26(38)34-22(19)20(28)12-14)35-25(37)17(9-10-27(29,30)31)18(23(32)36)13-15-7-8-15/h2-6,11-12,15,17-18,24H,7-10,13H2,1H3,(H2,32,36)(H,34,38)(H,35,37). The lowest BCUT2D eigenvalue weighted by Crippen LogP contribution is -2.48. The molecule has 4 N–H and O–H groups in total. The summed E-state index contributed by atoms with van der Waals surface area (Å²) in [7, 11) is 0. The first-order chi connectivity index (χ1) is 17.9. The summed E-state index contributed by atoms with van der Waals surface area (Å²) in [5.74, 6) is -5.83. The van der Waals surface area contributed by atoms with Gasteiger partial charge in [-0.2, -0.15) is 13.2 Å². The molecule has 1 fully saturated rings. The summed E-state index contributed by atoms with van der Waals surface area (Å²) in [5, 5.41) is 4.85. The quantitative estimate of drug-likeness (QED) is 0.420. The highest BCUT2D eigenvalue weighted by Crippen LogP contribution is 2.39. The van der Waals surface area contributed by atoms with Crippen molar-refractivity contribution in [3.8, 4) is 0 Å². The molecule has 1 aliphatic carbocycles. The highest BCUT2D eigenvalue weighted by Gasteiger charge is 2.41. The van der Waals surface area contributed by atoms with Gasteiger partial charge in [-0.3, -0.25) is 14.4 Å². The number of alkyl halides is 3. The first-order valence-corrected chi connectivity index (χ1v) is 12.3. The van der Waals surface area contributed by atoms with Crippen molar-refractivity contribution >= 4 is 29.1 Å². The molecule has 3 atom stereocenters. The summed E-state index contributed by atoms with van der Waals surface area (Å²) in [6, 6.07) is 11.5. The number of hydrogen-bond acceptors (Lipinski definition) is 4. The zero-order valence-corrected chi connectivity index (χ0v) is 20.6. The Hall–Kier alpha value is -3.76. The Bertz CT molecular complexity index is 1260. The second-order valence-electron chi connectivity index (χ2n) is 9.86. The van der Waals surface area contributed by atoms with E-state index < -0.39 is 60.6 Å². The molecular weight excluding hydrogens is 504 g/mol.